The molecule has 1 N–H and O–H groups in total. The molecule has 0 aliphatic rings. The first-order chi connectivity index (χ1) is 14.8. The summed E-state index contributed by atoms with van der Waals surface area (Å²) in [7, 11) is 7.52. The van der Waals surface area contributed by atoms with Gasteiger partial charge in [-0.05, 0) is 37.3 Å². The van der Waals surface area contributed by atoms with Crippen molar-refractivity contribution in [2.45, 2.75) is 26.1 Å². The lowest BCUT2D eigenvalue weighted by Gasteiger charge is -2.27. The summed E-state index contributed by atoms with van der Waals surface area (Å²) < 4.78 is 32.5. The standard InChI is InChI=1S/C23H30O8/c1-13(14(2)24)21(16-11-19(28-5)22(30-7)20(12-16)29-6)31-23(25)15-8-9-17(26-3)18(10-15)27-4/h8-14,21,24H,1-7H3/t13-,14?,21-/m1/s1. The quantitative estimate of drug-likeness (QED) is 0.567. The van der Waals surface area contributed by atoms with Crippen LogP contribution in [0.2, 0.25) is 0 Å². The summed E-state index contributed by atoms with van der Waals surface area (Å²) in [6, 6.07) is 8.16. The van der Waals surface area contributed by atoms with E-state index in [4.69, 9.17) is 28.4 Å². The van der Waals surface area contributed by atoms with Gasteiger partial charge in [-0.3, -0.25) is 0 Å². The SMILES string of the molecule is COc1ccc(C(=O)O[C@@H](c2cc(OC)c(OC)c(OC)c2)[C@H](C)C(C)O)cc1OC. The van der Waals surface area contributed by atoms with Crippen molar-refractivity contribution in [2.24, 2.45) is 5.92 Å². The lowest BCUT2D eigenvalue weighted by Crippen LogP contribution is -2.26. The van der Waals surface area contributed by atoms with E-state index >= 15 is 0 Å². The van der Waals surface area contributed by atoms with Crippen LogP contribution in [0.3, 0.4) is 0 Å². The summed E-state index contributed by atoms with van der Waals surface area (Å²) in [5.41, 5.74) is 0.879. The van der Waals surface area contributed by atoms with Crippen LogP contribution in [0, 0.1) is 5.92 Å². The fourth-order valence-corrected chi connectivity index (χ4v) is 3.14. The average Bonchev–Trinajstić information content (AvgIpc) is 2.80. The minimum atomic E-state index is -0.783. The molecule has 0 saturated carbocycles. The van der Waals surface area contributed by atoms with Gasteiger partial charge in [0.2, 0.25) is 5.75 Å². The third kappa shape index (κ3) is 5.32. The zero-order valence-electron chi connectivity index (χ0n) is 18.9. The van der Waals surface area contributed by atoms with Gasteiger partial charge in [-0.15, -0.1) is 0 Å². The minimum Gasteiger partial charge on any atom is -0.493 e. The minimum absolute atomic E-state index is 0.285. The number of rotatable bonds is 10. The maximum atomic E-state index is 13.0. The number of hydrogen-bond donors (Lipinski definition) is 1. The van der Waals surface area contributed by atoms with Gasteiger partial charge in [0.25, 0.3) is 0 Å². The molecule has 2 aromatic carbocycles. The molecular weight excluding hydrogens is 404 g/mol. The van der Waals surface area contributed by atoms with Crippen LogP contribution in [0.1, 0.15) is 35.9 Å². The Labute approximate surface area is 182 Å². The molecule has 2 aromatic rings. The topological polar surface area (TPSA) is 92.7 Å². The molecular formula is C23H30O8. The van der Waals surface area contributed by atoms with Gasteiger partial charge in [0, 0.05) is 11.5 Å². The second-order valence-electron chi connectivity index (χ2n) is 6.95. The van der Waals surface area contributed by atoms with Gasteiger partial charge in [-0.1, -0.05) is 6.92 Å². The largest absolute Gasteiger partial charge is 0.493 e. The molecule has 3 atom stereocenters. The fourth-order valence-electron chi connectivity index (χ4n) is 3.14. The summed E-state index contributed by atoms with van der Waals surface area (Å²) >= 11 is 0. The van der Waals surface area contributed by atoms with Crippen molar-refractivity contribution in [3.05, 3.63) is 41.5 Å². The van der Waals surface area contributed by atoms with Gasteiger partial charge in [-0.2, -0.15) is 0 Å². The van der Waals surface area contributed by atoms with Crippen molar-refractivity contribution in [3.63, 3.8) is 0 Å². The zero-order chi connectivity index (χ0) is 23.1. The van der Waals surface area contributed by atoms with Crippen LogP contribution < -0.4 is 23.7 Å². The lowest BCUT2D eigenvalue weighted by molar-refractivity contribution is -0.0103. The molecule has 0 saturated heterocycles. The van der Waals surface area contributed by atoms with Crippen molar-refractivity contribution >= 4 is 5.97 Å². The highest BCUT2D eigenvalue weighted by molar-refractivity contribution is 5.90. The first-order valence-electron chi connectivity index (χ1n) is 9.72. The number of esters is 1. The van der Waals surface area contributed by atoms with Crippen LogP contribution in [0.4, 0.5) is 0 Å². The number of methoxy groups -OCH3 is 5. The average molecular weight is 434 g/mol. The highest BCUT2D eigenvalue weighted by atomic mass is 16.5. The van der Waals surface area contributed by atoms with E-state index in [1.807, 2.05) is 0 Å². The third-order valence-corrected chi connectivity index (χ3v) is 5.11. The van der Waals surface area contributed by atoms with Crippen molar-refractivity contribution in [3.8, 4) is 28.7 Å². The molecule has 2 rings (SSSR count). The molecule has 0 aliphatic heterocycles. The molecule has 170 valence electrons. The number of aliphatic hydroxyl groups is 1. The first-order valence-corrected chi connectivity index (χ1v) is 9.72. The molecule has 8 heteroatoms. The van der Waals surface area contributed by atoms with Crippen LogP contribution in [0.15, 0.2) is 30.3 Å². The second-order valence-corrected chi connectivity index (χ2v) is 6.95. The molecule has 1 unspecified atom stereocenters. The molecule has 31 heavy (non-hydrogen) atoms. The highest BCUT2D eigenvalue weighted by Gasteiger charge is 2.30. The van der Waals surface area contributed by atoms with Gasteiger partial charge in [0.15, 0.2) is 23.0 Å². The Morgan fingerprint density at radius 3 is 1.77 bits per heavy atom. The number of carbonyl (C=O) groups excluding carboxylic acids is 1. The second kappa shape index (κ2) is 10.8. The van der Waals surface area contributed by atoms with E-state index in [2.05, 4.69) is 0 Å². The summed E-state index contributed by atoms with van der Waals surface area (Å²) in [4.78, 5) is 13.0. The fraction of sp³-hybridized carbons (Fsp3) is 0.435. The molecule has 0 heterocycles. The monoisotopic (exact) mass is 434 g/mol. The zero-order valence-corrected chi connectivity index (χ0v) is 18.9. The predicted molar refractivity (Wildman–Crippen MR) is 115 cm³/mol. The first kappa shape index (κ1) is 24.1. The maximum absolute atomic E-state index is 13.0. The van der Waals surface area contributed by atoms with Crippen molar-refractivity contribution in [2.75, 3.05) is 35.5 Å². The number of hydrogen-bond acceptors (Lipinski definition) is 8. The summed E-state index contributed by atoms with van der Waals surface area (Å²) in [5.74, 6) is 1.16. The Morgan fingerprint density at radius 2 is 1.32 bits per heavy atom. The Balaban J connectivity index is 2.48. The van der Waals surface area contributed by atoms with Crippen LogP contribution in [0.5, 0.6) is 28.7 Å². The third-order valence-electron chi connectivity index (χ3n) is 5.11. The number of aliphatic hydroxyl groups excluding tert-OH is 1. The van der Waals surface area contributed by atoms with Crippen molar-refractivity contribution in [1.82, 2.24) is 0 Å². The molecule has 0 aromatic heterocycles. The van der Waals surface area contributed by atoms with Gasteiger partial charge < -0.3 is 33.5 Å². The number of ether oxygens (including phenoxy) is 6. The van der Waals surface area contributed by atoms with Gasteiger partial charge in [0.1, 0.15) is 6.10 Å². The number of benzene rings is 2. The van der Waals surface area contributed by atoms with Gasteiger partial charge >= 0.3 is 5.97 Å². The molecule has 0 fully saturated rings. The maximum Gasteiger partial charge on any atom is 0.338 e. The molecule has 0 radical (unpaired) electrons. The van der Waals surface area contributed by atoms with Crippen LogP contribution in [-0.2, 0) is 4.74 Å². The molecule has 8 nitrogen and oxygen atoms in total. The lowest BCUT2D eigenvalue weighted by atomic mass is 9.92. The summed E-state index contributed by atoms with van der Waals surface area (Å²) in [6.07, 6.45) is -1.53. The molecule has 0 spiro atoms. The molecule has 0 amide bonds. The van der Waals surface area contributed by atoms with E-state index in [1.54, 1.807) is 44.2 Å². The van der Waals surface area contributed by atoms with E-state index < -0.39 is 24.1 Å². The Kier molecular flexibility index (Phi) is 8.38. The Bertz CT molecular complexity index is 868. The number of carbonyl (C=O) groups is 1. The van der Waals surface area contributed by atoms with Crippen LogP contribution >= 0.6 is 0 Å². The normalized spacial score (nSPS) is 13.5. The molecule has 0 bridgehead atoms. The Morgan fingerprint density at radius 1 is 0.774 bits per heavy atom. The van der Waals surface area contributed by atoms with Crippen LogP contribution in [-0.4, -0.2) is 52.7 Å². The predicted octanol–water partition coefficient (Wildman–Crippen LogP) is 3.64. The smallest absolute Gasteiger partial charge is 0.338 e. The summed E-state index contributed by atoms with van der Waals surface area (Å²) in [5, 5.41) is 10.2. The highest BCUT2D eigenvalue weighted by Crippen LogP contribution is 2.42. The van der Waals surface area contributed by atoms with Crippen molar-refractivity contribution in [1.29, 1.82) is 0 Å². The van der Waals surface area contributed by atoms with Crippen LogP contribution in [0.25, 0.3) is 0 Å². The molecule has 0 aliphatic carbocycles. The summed E-state index contributed by atoms with van der Waals surface area (Å²) in [6.45, 7) is 3.43. The van der Waals surface area contributed by atoms with Crippen molar-refractivity contribution < 1.29 is 38.3 Å². The van der Waals surface area contributed by atoms with E-state index in [0.29, 0.717) is 34.3 Å². The van der Waals surface area contributed by atoms with E-state index in [-0.39, 0.29) is 5.56 Å². The van der Waals surface area contributed by atoms with E-state index in [9.17, 15) is 9.90 Å². The van der Waals surface area contributed by atoms with Gasteiger partial charge in [0.05, 0.1) is 47.2 Å². The van der Waals surface area contributed by atoms with E-state index in [1.165, 1.54) is 35.5 Å². The van der Waals surface area contributed by atoms with E-state index in [0.717, 1.165) is 0 Å². The van der Waals surface area contributed by atoms with Gasteiger partial charge in [-0.25, -0.2) is 4.79 Å². The Hall–Kier alpha value is -3.13.